The zero-order chi connectivity index (χ0) is 21.2. The van der Waals surface area contributed by atoms with Crippen LogP contribution in [-0.2, 0) is 26.4 Å². The highest BCUT2D eigenvalue weighted by molar-refractivity contribution is 5.89. The van der Waals surface area contributed by atoms with E-state index >= 15 is 0 Å². The molecule has 0 saturated heterocycles. The van der Waals surface area contributed by atoms with Crippen LogP contribution in [0.2, 0.25) is 0 Å². The molecular weight excluding hydrogens is 400 g/mol. The molecule has 150 valence electrons. The molecule has 28 heavy (non-hydrogen) atoms. The third-order valence-electron chi connectivity index (χ3n) is 3.81. The highest BCUT2D eigenvalue weighted by Crippen LogP contribution is 2.38. The summed E-state index contributed by atoms with van der Waals surface area (Å²) >= 11 is 0. The maximum Gasteiger partial charge on any atom is 0.451 e. The lowest BCUT2D eigenvalue weighted by atomic mass is 10.2. The minimum Gasteiger partial charge on any atom is -0.383 e. The largest absolute Gasteiger partial charge is 0.451 e. The molecule has 0 unspecified atom stereocenters. The number of fused-ring (bicyclic) bond motifs is 1. The number of hydrogen-bond acceptors (Lipinski definition) is 6. The minimum atomic E-state index is -5.30. The summed E-state index contributed by atoms with van der Waals surface area (Å²) in [5, 5.41) is 2.54. The lowest BCUT2D eigenvalue weighted by molar-refractivity contribution is -0.151. The van der Waals surface area contributed by atoms with Crippen LogP contribution in [0.5, 0.6) is 0 Å². The van der Waals surface area contributed by atoms with Gasteiger partial charge in [0.25, 0.3) is 5.56 Å². The van der Waals surface area contributed by atoms with Crippen LogP contribution in [-0.4, -0.2) is 28.9 Å². The average Bonchev–Trinajstić information content (AvgIpc) is 2.90. The third kappa shape index (κ3) is 2.87. The Bertz CT molecular complexity index is 1220. The molecule has 0 atom stereocenters. The van der Waals surface area contributed by atoms with Crippen molar-refractivity contribution in [3.63, 3.8) is 0 Å². The minimum absolute atomic E-state index is 0.370. The highest BCUT2D eigenvalue weighted by atomic mass is 19.4. The van der Waals surface area contributed by atoms with Crippen LogP contribution in [0.4, 0.5) is 32.2 Å². The number of hydrogen-bond donors (Lipinski definition) is 1. The van der Waals surface area contributed by atoms with Gasteiger partial charge in [-0.05, 0) is 0 Å². The maximum atomic E-state index is 13.3. The fourth-order valence-electron chi connectivity index (χ4n) is 2.44. The van der Waals surface area contributed by atoms with E-state index in [9.17, 15) is 35.9 Å². The summed E-state index contributed by atoms with van der Waals surface area (Å²) in [4.78, 5) is 29.4. The Morgan fingerprint density at radius 2 is 1.57 bits per heavy atom. The van der Waals surface area contributed by atoms with Crippen LogP contribution in [0.25, 0.3) is 16.9 Å². The van der Waals surface area contributed by atoms with Gasteiger partial charge in [0.1, 0.15) is 11.6 Å². The highest BCUT2D eigenvalue weighted by Gasteiger charge is 2.43. The zero-order valence-electron chi connectivity index (χ0n) is 13.9. The first-order valence-electron chi connectivity index (χ1n) is 7.21. The van der Waals surface area contributed by atoms with Gasteiger partial charge in [-0.1, -0.05) is 0 Å². The third-order valence-corrected chi connectivity index (χ3v) is 3.81. The molecule has 2 N–H and O–H groups in total. The van der Waals surface area contributed by atoms with Gasteiger partial charge in [0, 0.05) is 20.2 Å². The normalized spacial score (nSPS) is 12.7. The number of alkyl halides is 6. The second-order valence-electron chi connectivity index (χ2n) is 5.63. The predicted molar refractivity (Wildman–Crippen MR) is 81.6 cm³/mol. The van der Waals surface area contributed by atoms with Gasteiger partial charge in [0.05, 0.1) is 5.39 Å². The van der Waals surface area contributed by atoms with Crippen LogP contribution >= 0.6 is 0 Å². The molecule has 0 bridgehead atoms. The van der Waals surface area contributed by atoms with Crippen molar-refractivity contribution in [2.75, 3.05) is 5.73 Å². The van der Waals surface area contributed by atoms with Gasteiger partial charge in [0.15, 0.2) is 11.3 Å². The van der Waals surface area contributed by atoms with Crippen molar-refractivity contribution in [2.24, 2.45) is 14.1 Å². The van der Waals surface area contributed by atoms with Gasteiger partial charge in [-0.15, -0.1) is 5.10 Å². The van der Waals surface area contributed by atoms with Gasteiger partial charge in [-0.2, -0.15) is 31.0 Å². The van der Waals surface area contributed by atoms with Crippen LogP contribution in [0.1, 0.15) is 11.5 Å². The Morgan fingerprint density at radius 3 is 2.11 bits per heavy atom. The summed E-state index contributed by atoms with van der Waals surface area (Å²) in [5.41, 5.74) is 1.01. The quantitative estimate of drug-likeness (QED) is 0.596. The van der Waals surface area contributed by atoms with Crippen LogP contribution in [0.3, 0.4) is 0 Å². The SMILES string of the molecule is Cn1c(-n2nc3nc(C(F)(F)F)nc(C(F)(F)F)c3c2N)cc(=O)n(C)c1=O. The maximum absolute atomic E-state index is 13.3. The molecule has 0 amide bonds. The first kappa shape index (κ1) is 19.4. The monoisotopic (exact) mass is 409 g/mol. The van der Waals surface area contributed by atoms with Crippen LogP contribution in [0, 0.1) is 0 Å². The molecule has 3 aromatic heterocycles. The van der Waals surface area contributed by atoms with Crippen molar-refractivity contribution in [3.05, 3.63) is 38.4 Å². The number of halogens is 6. The molecular formula is C13H9F6N7O2. The van der Waals surface area contributed by atoms with E-state index in [0.717, 1.165) is 17.7 Å². The number of aromatic nitrogens is 6. The van der Waals surface area contributed by atoms with Crippen molar-refractivity contribution < 1.29 is 26.3 Å². The summed E-state index contributed by atoms with van der Waals surface area (Å²) < 4.78 is 80.5. The Balaban J connectivity index is 2.45. The summed E-state index contributed by atoms with van der Waals surface area (Å²) in [6.45, 7) is 0. The topological polar surface area (TPSA) is 114 Å². The van der Waals surface area contributed by atoms with E-state index in [1.165, 1.54) is 7.05 Å². The molecule has 0 spiro atoms. The van der Waals surface area contributed by atoms with Crippen molar-refractivity contribution in [1.29, 1.82) is 0 Å². The Kier molecular flexibility index (Phi) is 4.01. The molecule has 0 aliphatic carbocycles. The smallest absolute Gasteiger partial charge is 0.383 e. The van der Waals surface area contributed by atoms with Gasteiger partial charge in [0.2, 0.25) is 5.82 Å². The fraction of sp³-hybridized carbons (Fsp3) is 0.308. The first-order valence-corrected chi connectivity index (χ1v) is 7.21. The van der Waals surface area contributed by atoms with E-state index in [1.54, 1.807) is 0 Å². The lowest BCUT2D eigenvalue weighted by Crippen LogP contribution is -2.38. The summed E-state index contributed by atoms with van der Waals surface area (Å²) in [7, 11) is 2.32. The van der Waals surface area contributed by atoms with E-state index in [-0.39, 0.29) is 5.82 Å². The van der Waals surface area contributed by atoms with Gasteiger partial charge < -0.3 is 5.73 Å². The van der Waals surface area contributed by atoms with Crippen molar-refractivity contribution in [2.45, 2.75) is 12.4 Å². The van der Waals surface area contributed by atoms with Crippen LogP contribution < -0.4 is 17.0 Å². The van der Waals surface area contributed by atoms with Crippen molar-refractivity contribution >= 4 is 16.9 Å². The molecule has 15 heteroatoms. The van der Waals surface area contributed by atoms with Gasteiger partial charge in [-0.3, -0.25) is 13.9 Å². The molecule has 0 radical (unpaired) electrons. The zero-order valence-corrected chi connectivity index (χ0v) is 13.9. The molecule has 9 nitrogen and oxygen atoms in total. The molecule has 0 saturated carbocycles. The van der Waals surface area contributed by atoms with E-state index in [1.807, 2.05) is 0 Å². The fourth-order valence-corrected chi connectivity index (χ4v) is 2.44. The molecule has 3 rings (SSSR count). The number of nitrogens with two attached hydrogens (primary N) is 1. The number of nitrogen functional groups attached to an aromatic ring is 1. The number of anilines is 1. The van der Waals surface area contributed by atoms with E-state index in [4.69, 9.17) is 5.73 Å². The lowest BCUT2D eigenvalue weighted by Gasteiger charge is -2.11. The summed E-state index contributed by atoms with van der Waals surface area (Å²) in [5.74, 6) is -3.22. The Hall–Kier alpha value is -3.39. The second kappa shape index (κ2) is 5.80. The Labute approximate surface area is 149 Å². The summed E-state index contributed by atoms with van der Waals surface area (Å²) in [6, 6.07) is 0.828. The van der Waals surface area contributed by atoms with Gasteiger partial charge in [-0.25, -0.2) is 14.8 Å². The van der Waals surface area contributed by atoms with Crippen molar-refractivity contribution in [1.82, 2.24) is 28.9 Å². The molecule has 0 fully saturated rings. The molecule has 0 aliphatic heterocycles. The van der Waals surface area contributed by atoms with Gasteiger partial charge >= 0.3 is 18.0 Å². The van der Waals surface area contributed by atoms with E-state index in [2.05, 4.69) is 15.1 Å². The number of nitrogens with zero attached hydrogens (tertiary/aromatic N) is 6. The number of rotatable bonds is 1. The van der Waals surface area contributed by atoms with Crippen molar-refractivity contribution in [3.8, 4) is 5.82 Å². The molecule has 3 aromatic rings. The standard InChI is InChI=1S/C13H9F6N7O2/c1-24-4(3-5(27)25(2)11(24)28)26-8(20)6-7(12(14,15)16)21-10(13(17,18)19)22-9(6)23-26/h3H,20H2,1-2H3. The summed E-state index contributed by atoms with van der Waals surface area (Å²) in [6.07, 6.45) is -10.6. The Morgan fingerprint density at radius 1 is 0.964 bits per heavy atom. The van der Waals surface area contributed by atoms with E-state index in [0.29, 0.717) is 9.25 Å². The van der Waals surface area contributed by atoms with Crippen LogP contribution in [0.15, 0.2) is 15.7 Å². The average molecular weight is 409 g/mol. The molecule has 0 aliphatic rings. The second-order valence-corrected chi connectivity index (χ2v) is 5.63. The molecule has 0 aromatic carbocycles. The first-order chi connectivity index (χ1) is 12.7. The molecule has 3 heterocycles. The predicted octanol–water partition coefficient (Wildman–Crippen LogP) is 0.833. The van der Waals surface area contributed by atoms with E-state index < -0.39 is 52.0 Å².